The summed E-state index contributed by atoms with van der Waals surface area (Å²) in [5.74, 6) is 0.914. The van der Waals surface area contributed by atoms with Crippen LogP contribution in [0.2, 0.25) is 5.02 Å². The van der Waals surface area contributed by atoms with E-state index in [0.29, 0.717) is 0 Å². The van der Waals surface area contributed by atoms with Gasteiger partial charge in [-0.2, -0.15) is 0 Å². The van der Waals surface area contributed by atoms with E-state index in [-0.39, 0.29) is 12.4 Å². The first kappa shape index (κ1) is 16.6. The van der Waals surface area contributed by atoms with Crippen LogP contribution in [0.3, 0.4) is 0 Å². The van der Waals surface area contributed by atoms with Gasteiger partial charge in [0.1, 0.15) is 0 Å². The van der Waals surface area contributed by atoms with Crippen molar-refractivity contribution >= 4 is 35.8 Å². The molecule has 0 radical (unpaired) electrons. The Morgan fingerprint density at radius 2 is 2.05 bits per heavy atom. The lowest BCUT2D eigenvalue weighted by molar-refractivity contribution is 0.709. The van der Waals surface area contributed by atoms with Crippen molar-refractivity contribution in [2.24, 2.45) is 0 Å². The molecule has 0 unspecified atom stereocenters. The van der Waals surface area contributed by atoms with Gasteiger partial charge in [-0.05, 0) is 54.8 Å². The summed E-state index contributed by atoms with van der Waals surface area (Å²) in [7, 11) is 0. The molecule has 3 rings (SSSR count). The maximum Gasteiger partial charge on any atom is 0.0544 e. The van der Waals surface area contributed by atoms with Crippen molar-refractivity contribution in [3.8, 4) is 0 Å². The molecule has 2 nitrogen and oxygen atoms in total. The second kappa shape index (κ2) is 8.04. The second-order valence-corrected chi connectivity index (χ2v) is 6.31. The van der Waals surface area contributed by atoms with Crippen LogP contribution < -0.4 is 5.32 Å². The Balaban J connectivity index is 0.00000161. The van der Waals surface area contributed by atoms with Crippen molar-refractivity contribution in [3.05, 3.63) is 58.4 Å². The predicted octanol–water partition coefficient (Wildman–Crippen LogP) is 4.14. The van der Waals surface area contributed by atoms with Crippen LogP contribution in [-0.4, -0.2) is 18.1 Å². The molecule has 0 bridgehead atoms. The van der Waals surface area contributed by atoms with Crippen molar-refractivity contribution in [3.63, 3.8) is 0 Å². The van der Waals surface area contributed by atoms with Gasteiger partial charge in [-0.1, -0.05) is 23.7 Å². The molecule has 1 N–H and O–H groups in total. The van der Waals surface area contributed by atoms with E-state index in [4.69, 9.17) is 11.6 Å². The number of nitrogens with one attached hydrogen (secondary N) is 1. The zero-order chi connectivity index (χ0) is 13.8. The van der Waals surface area contributed by atoms with Crippen LogP contribution in [0.1, 0.15) is 16.7 Å². The summed E-state index contributed by atoms with van der Waals surface area (Å²) >= 11 is 8.25. The molecule has 0 atom stereocenters. The lowest BCUT2D eigenvalue weighted by Crippen LogP contribution is -2.16. The van der Waals surface area contributed by atoms with Crippen LogP contribution in [0.25, 0.3) is 0 Å². The van der Waals surface area contributed by atoms with Crippen LogP contribution in [-0.2, 0) is 18.6 Å². The van der Waals surface area contributed by atoms with Gasteiger partial charge in [0.05, 0.1) is 5.02 Å². The molecular formula is C16H18Cl2N2S. The standard InChI is InChI=1S/C16H17ClN2S.ClH/c17-15-4-3-13-5-8-18-9-6-14(13)16(15)20-11-12-2-1-7-19-10-12;/h1-4,7,10,18H,5-6,8-9,11H2;1H. The van der Waals surface area contributed by atoms with Gasteiger partial charge in [0.2, 0.25) is 0 Å². The van der Waals surface area contributed by atoms with Crippen LogP contribution in [0.5, 0.6) is 0 Å². The van der Waals surface area contributed by atoms with E-state index in [2.05, 4.69) is 22.4 Å². The molecule has 1 aliphatic rings. The van der Waals surface area contributed by atoms with Crippen molar-refractivity contribution in [2.45, 2.75) is 23.5 Å². The zero-order valence-electron chi connectivity index (χ0n) is 11.6. The SMILES string of the molecule is Cl.Clc1ccc2c(c1SCc1cccnc1)CCNCC2. The Kier molecular flexibility index (Phi) is 6.37. The highest BCUT2D eigenvalue weighted by molar-refractivity contribution is 7.98. The highest BCUT2D eigenvalue weighted by Crippen LogP contribution is 2.35. The van der Waals surface area contributed by atoms with Crippen LogP contribution in [0.15, 0.2) is 41.6 Å². The van der Waals surface area contributed by atoms with Crippen molar-refractivity contribution in [1.29, 1.82) is 0 Å². The molecule has 1 aromatic heterocycles. The van der Waals surface area contributed by atoms with Gasteiger partial charge in [0.25, 0.3) is 0 Å². The third-order valence-electron chi connectivity index (χ3n) is 3.54. The third kappa shape index (κ3) is 4.13. The fourth-order valence-corrected chi connectivity index (χ4v) is 3.94. The van der Waals surface area contributed by atoms with Gasteiger partial charge in [-0.3, -0.25) is 4.98 Å². The Morgan fingerprint density at radius 3 is 2.86 bits per heavy atom. The number of thioether (sulfide) groups is 1. The number of aromatic nitrogens is 1. The average Bonchev–Trinajstić information content (AvgIpc) is 2.73. The fourth-order valence-electron chi connectivity index (χ4n) is 2.50. The summed E-state index contributed by atoms with van der Waals surface area (Å²) in [6, 6.07) is 8.31. The number of pyridine rings is 1. The molecule has 0 amide bonds. The highest BCUT2D eigenvalue weighted by Gasteiger charge is 2.15. The molecule has 0 saturated carbocycles. The second-order valence-electron chi connectivity index (χ2n) is 4.91. The summed E-state index contributed by atoms with van der Waals surface area (Å²) in [6.45, 7) is 2.09. The van der Waals surface area contributed by atoms with E-state index in [9.17, 15) is 0 Å². The molecule has 112 valence electrons. The minimum atomic E-state index is 0. The number of hydrogen-bond donors (Lipinski definition) is 1. The zero-order valence-corrected chi connectivity index (χ0v) is 14.0. The Morgan fingerprint density at radius 1 is 1.19 bits per heavy atom. The minimum absolute atomic E-state index is 0. The Hall–Kier alpha value is -0.740. The third-order valence-corrected chi connectivity index (χ3v) is 5.20. The smallest absolute Gasteiger partial charge is 0.0544 e. The molecule has 2 heterocycles. The number of halogens is 2. The van der Waals surface area contributed by atoms with Crippen molar-refractivity contribution < 1.29 is 0 Å². The van der Waals surface area contributed by atoms with E-state index >= 15 is 0 Å². The number of nitrogens with zero attached hydrogens (tertiary/aromatic N) is 1. The average molecular weight is 341 g/mol. The van der Waals surface area contributed by atoms with Gasteiger partial charge in [0, 0.05) is 23.0 Å². The largest absolute Gasteiger partial charge is 0.316 e. The molecule has 21 heavy (non-hydrogen) atoms. The summed E-state index contributed by atoms with van der Waals surface area (Å²) in [4.78, 5) is 5.41. The van der Waals surface area contributed by atoms with E-state index in [1.165, 1.54) is 21.6 Å². The van der Waals surface area contributed by atoms with E-state index in [1.807, 2.05) is 30.1 Å². The number of hydrogen-bond acceptors (Lipinski definition) is 3. The van der Waals surface area contributed by atoms with E-state index < -0.39 is 0 Å². The van der Waals surface area contributed by atoms with Crippen LogP contribution in [0, 0.1) is 0 Å². The number of rotatable bonds is 3. The predicted molar refractivity (Wildman–Crippen MR) is 92.8 cm³/mol. The topological polar surface area (TPSA) is 24.9 Å². The Labute approximate surface area is 141 Å². The monoisotopic (exact) mass is 340 g/mol. The van der Waals surface area contributed by atoms with Gasteiger partial charge < -0.3 is 5.32 Å². The maximum absolute atomic E-state index is 6.42. The lowest BCUT2D eigenvalue weighted by atomic mass is 10.0. The van der Waals surface area contributed by atoms with Gasteiger partial charge in [0.15, 0.2) is 0 Å². The molecule has 0 saturated heterocycles. The van der Waals surface area contributed by atoms with Gasteiger partial charge in [-0.15, -0.1) is 24.2 Å². The molecule has 1 aromatic carbocycles. The molecular weight excluding hydrogens is 323 g/mol. The fraction of sp³-hybridized carbons (Fsp3) is 0.312. The van der Waals surface area contributed by atoms with Crippen molar-refractivity contribution in [2.75, 3.05) is 13.1 Å². The maximum atomic E-state index is 6.42. The van der Waals surface area contributed by atoms with Gasteiger partial charge >= 0.3 is 0 Å². The first-order valence-corrected chi connectivity index (χ1v) is 8.23. The minimum Gasteiger partial charge on any atom is -0.316 e. The molecule has 0 spiro atoms. The van der Waals surface area contributed by atoms with Gasteiger partial charge in [-0.25, -0.2) is 0 Å². The Bertz CT molecular complexity index is 590. The number of fused-ring (bicyclic) bond motifs is 1. The van der Waals surface area contributed by atoms with Crippen LogP contribution in [0.4, 0.5) is 0 Å². The molecule has 1 aliphatic heterocycles. The summed E-state index contributed by atoms with van der Waals surface area (Å²) in [6.07, 6.45) is 5.88. The molecule has 0 fully saturated rings. The lowest BCUT2D eigenvalue weighted by Gasteiger charge is -2.13. The summed E-state index contributed by atoms with van der Waals surface area (Å²) in [5.41, 5.74) is 4.10. The normalized spacial score (nSPS) is 14.0. The summed E-state index contributed by atoms with van der Waals surface area (Å²) < 4.78 is 0. The van der Waals surface area contributed by atoms with E-state index in [1.54, 1.807) is 6.20 Å². The summed E-state index contributed by atoms with van der Waals surface area (Å²) in [5, 5.41) is 4.33. The quantitative estimate of drug-likeness (QED) is 0.850. The first-order chi connectivity index (χ1) is 9.84. The van der Waals surface area contributed by atoms with Crippen molar-refractivity contribution in [1.82, 2.24) is 10.3 Å². The molecule has 5 heteroatoms. The highest BCUT2D eigenvalue weighted by atomic mass is 35.5. The van der Waals surface area contributed by atoms with E-state index in [0.717, 1.165) is 36.7 Å². The first-order valence-electron chi connectivity index (χ1n) is 6.87. The van der Waals surface area contributed by atoms with Crippen LogP contribution >= 0.6 is 35.8 Å². The number of benzene rings is 1. The molecule has 0 aliphatic carbocycles. The molecule has 2 aromatic rings.